The van der Waals surface area contributed by atoms with Crippen molar-refractivity contribution in [3.05, 3.63) is 22.9 Å². The molecular weight excluding hydrogens is 246 g/mol. The molecule has 0 radical (unpaired) electrons. The van der Waals surface area contributed by atoms with Crippen LogP contribution in [0.1, 0.15) is 25.7 Å². The van der Waals surface area contributed by atoms with Gasteiger partial charge in [-0.25, -0.2) is 19.3 Å². The molecule has 0 unspecified atom stereocenters. The van der Waals surface area contributed by atoms with E-state index < -0.39 is 0 Å². The highest BCUT2D eigenvalue weighted by Crippen LogP contribution is 2.26. The van der Waals surface area contributed by atoms with Crippen LogP contribution in [-0.4, -0.2) is 43.9 Å². The summed E-state index contributed by atoms with van der Waals surface area (Å²) in [5, 5.41) is 15.6. The average molecular weight is 263 g/mol. The molecule has 1 aliphatic rings. The highest BCUT2D eigenvalue weighted by molar-refractivity contribution is 5.50. The molecule has 1 fully saturated rings. The van der Waals surface area contributed by atoms with Gasteiger partial charge in [-0.3, -0.25) is 0 Å². The third kappa shape index (κ3) is 2.21. The molecule has 2 aromatic rings. The van der Waals surface area contributed by atoms with E-state index in [-0.39, 0.29) is 12.3 Å². The highest BCUT2D eigenvalue weighted by atomic mass is 16.3. The molecule has 0 aromatic carbocycles. The van der Waals surface area contributed by atoms with E-state index in [0.29, 0.717) is 18.2 Å². The first-order valence-electron chi connectivity index (χ1n) is 6.60. The Balaban J connectivity index is 1.96. The van der Waals surface area contributed by atoms with Crippen LogP contribution in [0.4, 0.5) is 5.82 Å². The van der Waals surface area contributed by atoms with Crippen molar-refractivity contribution in [2.75, 3.05) is 18.1 Å². The lowest BCUT2D eigenvalue weighted by Gasteiger charge is -2.29. The maximum absolute atomic E-state index is 11.4. The number of aromatic nitrogens is 4. The van der Waals surface area contributed by atoms with Gasteiger partial charge in [-0.2, -0.15) is 5.10 Å². The number of nitrogens with one attached hydrogen (secondary N) is 1. The summed E-state index contributed by atoms with van der Waals surface area (Å²) in [6.07, 6.45) is 6.17. The zero-order chi connectivity index (χ0) is 13.2. The Kier molecular flexibility index (Phi) is 3.20. The van der Waals surface area contributed by atoms with Gasteiger partial charge < -0.3 is 10.0 Å². The number of aromatic amines is 1. The van der Waals surface area contributed by atoms with E-state index in [0.717, 1.165) is 18.7 Å². The molecule has 0 amide bonds. The molecule has 1 saturated carbocycles. The molecule has 1 aliphatic carbocycles. The Bertz CT molecular complexity index is 614. The molecule has 0 aliphatic heterocycles. The van der Waals surface area contributed by atoms with Crippen LogP contribution in [0.15, 0.2) is 17.2 Å². The zero-order valence-electron chi connectivity index (χ0n) is 10.6. The van der Waals surface area contributed by atoms with Gasteiger partial charge in [-0.15, -0.1) is 0 Å². The normalized spacial score (nSPS) is 16.3. The summed E-state index contributed by atoms with van der Waals surface area (Å²) in [7, 11) is 0. The zero-order valence-corrected chi connectivity index (χ0v) is 10.6. The minimum absolute atomic E-state index is 0.0940. The topological polar surface area (TPSA) is 86.5 Å². The lowest BCUT2D eigenvalue weighted by Crippen LogP contribution is -2.36. The molecule has 0 spiro atoms. The maximum atomic E-state index is 11.4. The van der Waals surface area contributed by atoms with Gasteiger partial charge in [-0.05, 0) is 12.8 Å². The Morgan fingerprint density at radius 2 is 2.26 bits per heavy atom. The highest BCUT2D eigenvalue weighted by Gasteiger charge is 2.23. The molecule has 2 heterocycles. The number of nitrogens with zero attached hydrogens (tertiary/aromatic N) is 4. The summed E-state index contributed by atoms with van der Waals surface area (Å²) in [6, 6.07) is 2.21. The van der Waals surface area contributed by atoms with Gasteiger partial charge in [0.25, 0.3) is 0 Å². The fourth-order valence-corrected chi connectivity index (χ4v) is 2.76. The largest absolute Gasteiger partial charge is 0.395 e. The van der Waals surface area contributed by atoms with Crippen LogP contribution in [0.3, 0.4) is 0 Å². The van der Waals surface area contributed by atoms with Crippen molar-refractivity contribution in [2.24, 2.45) is 0 Å². The second-order valence-electron chi connectivity index (χ2n) is 4.86. The second-order valence-corrected chi connectivity index (χ2v) is 4.86. The lowest BCUT2D eigenvalue weighted by atomic mass is 10.2. The van der Waals surface area contributed by atoms with Crippen LogP contribution in [0, 0.1) is 0 Å². The number of fused-ring (bicyclic) bond motifs is 1. The van der Waals surface area contributed by atoms with Crippen molar-refractivity contribution < 1.29 is 5.11 Å². The standard InChI is InChI=1S/C12H17N5O2/c18-6-5-16(9-3-1-2-4-9)10-7-11-14-15-12(19)17(11)8-13-10/h7-9,18H,1-6H2,(H,15,19). The van der Waals surface area contributed by atoms with E-state index in [1.54, 1.807) is 6.07 Å². The molecule has 3 rings (SSSR count). The molecule has 7 nitrogen and oxygen atoms in total. The summed E-state index contributed by atoms with van der Waals surface area (Å²) in [4.78, 5) is 17.8. The molecule has 102 valence electrons. The van der Waals surface area contributed by atoms with Gasteiger partial charge >= 0.3 is 5.69 Å². The predicted octanol–water partition coefficient (Wildman–Crippen LogP) is 0.159. The number of hydrogen-bond acceptors (Lipinski definition) is 5. The van der Waals surface area contributed by atoms with Crippen LogP contribution in [-0.2, 0) is 0 Å². The summed E-state index contributed by atoms with van der Waals surface area (Å²) < 4.78 is 1.37. The quantitative estimate of drug-likeness (QED) is 0.820. The fraction of sp³-hybridized carbons (Fsp3) is 0.583. The number of aliphatic hydroxyl groups is 1. The Hall–Kier alpha value is -1.89. The van der Waals surface area contributed by atoms with E-state index in [2.05, 4.69) is 20.1 Å². The van der Waals surface area contributed by atoms with Crippen molar-refractivity contribution >= 4 is 11.5 Å². The van der Waals surface area contributed by atoms with E-state index >= 15 is 0 Å². The predicted molar refractivity (Wildman–Crippen MR) is 70.3 cm³/mol. The smallest absolute Gasteiger partial charge is 0.348 e. The van der Waals surface area contributed by atoms with Crippen molar-refractivity contribution in [1.29, 1.82) is 0 Å². The average Bonchev–Trinajstić information content (AvgIpc) is 3.06. The third-order valence-electron chi connectivity index (χ3n) is 3.70. The van der Waals surface area contributed by atoms with E-state index in [1.165, 1.54) is 23.6 Å². The molecule has 19 heavy (non-hydrogen) atoms. The first-order chi connectivity index (χ1) is 9.29. The van der Waals surface area contributed by atoms with Crippen LogP contribution < -0.4 is 10.6 Å². The SMILES string of the molecule is O=c1[nH]nc2cc(N(CCO)C3CCCC3)ncn12. The van der Waals surface area contributed by atoms with Crippen LogP contribution in [0.5, 0.6) is 0 Å². The fourth-order valence-electron chi connectivity index (χ4n) is 2.76. The number of aliphatic hydroxyl groups excluding tert-OH is 1. The summed E-state index contributed by atoms with van der Waals surface area (Å²) >= 11 is 0. The van der Waals surface area contributed by atoms with Crippen molar-refractivity contribution in [3.8, 4) is 0 Å². The van der Waals surface area contributed by atoms with Gasteiger partial charge in [0.1, 0.15) is 12.1 Å². The van der Waals surface area contributed by atoms with Gasteiger partial charge in [0.15, 0.2) is 5.65 Å². The van der Waals surface area contributed by atoms with Crippen molar-refractivity contribution in [3.63, 3.8) is 0 Å². The van der Waals surface area contributed by atoms with Gasteiger partial charge in [0, 0.05) is 18.7 Å². The third-order valence-corrected chi connectivity index (χ3v) is 3.70. The molecule has 7 heteroatoms. The minimum atomic E-state index is -0.288. The first-order valence-corrected chi connectivity index (χ1v) is 6.60. The number of hydrogen-bond donors (Lipinski definition) is 2. The van der Waals surface area contributed by atoms with Crippen molar-refractivity contribution in [1.82, 2.24) is 19.6 Å². The van der Waals surface area contributed by atoms with Crippen LogP contribution >= 0.6 is 0 Å². The monoisotopic (exact) mass is 263 g/mol. The summed E-state index contributed by atoms with van der Waals surface area (Å²) in [5.74, 6) is 0.771. The Labute approximate surface area is 109 Å². The van der Waals surface area contributed by atoms with E-state index in [1.807, 2.05) is 0 Å². The van der Waals surface area contributed by atoms with Crippen molar-refractivity contribution in [2.45, 2.75) is 31.7 Å². The van der Waals surface area contributed by atoms with E-state index in [4.69, 9.17) is 0 Å². The van der Waals surface area contributed by atoms with E-state index in [9.17, 15) is 9.90 Å². The molecular formula is C12H17N5O2. The number of rotatable bonds is 4. The first kappa shape index (κ1) is 12.2. The van der Waals surface area contributed by atoms with Gasteiger partial charge in [0.05, 0.1) is 6.61 Å². The van der Waals surface area contributed by atoms with Crippen LogP contribution in [0.25, 0.3) is 5.65 Å². The second kappa shape index (κ2) is 5.00. The molecule has 0 saturated heterocycles. The lowest BCUT2D eigenvalue weighted by molar-refractivity contribution is 0.297. The van der Waals surface area contributed by atoms with Gasteiger partial charge in [-0.1, -0.05) is 12.8 Å². The number of anilines is 1. The van der Waals surface area contributed by atoms with Gasteiger partial charge in [0.2, 0.25) is 0 Å². The Morgan fingerprint density at radius 3 is 3.00 bits per heavy atom. The summed E-state index contributed by atoms with van der Waals surface area (Å²) in [5.41, 5.74) is 0.263. The maximum Gasteiger partial charge on any atom is 0.348 e. The number of H-pyrrole nitrogens is 1. The van der Waals surface area contributed by atoms with Crippen LogP contribution in [0.2, 0.25) is 0 Å². The molecule has 0 atom stereocenters. The summed E-state index contributed by atoms with van der Waals surface area (Å²) in [6.45, 7) is 0.652. The molecule has 0 bridgehead atoms. The Morgan fingerprint density at radius 1 is 1.47 bits per heavy atom. The minimum Gasteiger partial charge on any atom is -0.395 e. The molecule has 2 N–H and O–H groups in total. The molecule has 2 aromatic heterocycles.